The third kappa shape index (κ3) is 5.04. The first-order valence-corrected chi connectivity index (χ1v) is 10.1. The first-order valence-electron chi connectivity index (χ1n) is 9.34. The SMILES string of the molecule is Clc1ccc(CNCc2cn(Cc3ccccc3)nc2-c2cccnc2)c(Cl)c1. The van der Waals surface area contributed by atoms with E-state index in [-0.39, 0.29) is 0 Å². The minimum absolute atomic E-state index is 0.639. The fraction of sp³-hybridized carbons (Fsp3) is 0.130. The quantitative estimate of drug-likeness (QED) is 0.421. The van der Waals surface area contributed by atoms with Crippen LogP contribution in [-0.2, 0) is 19.6 Å². The molecule has 29 heavy (non-hydrogen) atoms. The molecule has 4 rings (SSSR count). The molecule has 146 valence electrons. The third-order valence-electron chi connectivity index (χ3n) is 4.61. The molecule has 2 heterocycles. The number of rotatable bonds is 7. The first kappa shape index (κ1) is 19.6. The van der Waals surface area contributed by atoms with E-state index in [2.05, 4.69) is 28.6 Å². The van der Waals surface area contributed by atoms with Gasteiger partial charge in [-0.05, 0) is 35.4 Å². The number of hydrogen-bond donors (Lipinski definition) is 1. The maximum Gasteiger partial charge on any atom is 0.0983 e. The fourth-order valence-electron chi connectivity index (χ4n) is 3.19. The van der Waals surface area contributed by atoms with Gasteiger partial charge in [0.15, 0.2) is 0 Å². The third-order valence-corrected chi connectivity index (χ3v) is 5.19. The van der Waals surface area contributed by atoms with Crippen LogP contribution in [0.1, 0.15) is 16.7 Å². The number of benzene rings is 2. The number of aromatic nitrogens is 3. The predicted octanol–water partition coefficient (Wildman–Crippen LogP) is 5.59. The Bertz CT molecular complexity index is 1080. The standard InChI is InChI=1S/C23H20Cl2N4/c24-21-9-8-18(22(25)11-21)12-27-14-20-16-29(15-17-5-2-1-3-6-17)28-23(20)19-7-4-10-26-13-19/h1-11,13,16,27H,12,14-15H2. The van der Waals surface area contributed by atoms with Crippen LogP contribution in [0.3, 0.4) is 0 Å². The monoisotopic (exact) mass is 422 g/mol. The van der Waals surface area contributed by atoms with Crippen LogP contribution in [0.5, 0.6) is 0 Å². The Hall–Kier alpha value is -2.66. The zero-order valence-electron chi connectivity index (χ0n) is 15.7. The molecule has 0 aliphatic carbocycles. The van der Waals surface area contributed by atoms with Crippen LogP contribution in [-0.4, -0.2) is 14.8 Å². The molecule has 0 fully saturated rings. The molecule has 0 amide bonds. The van der Waals surface area contributed by atoms with Gasteiger partial charge in [0.1, 0.15) is 0 Å². The summed E-state index contributed by atoms with van der Waals surface area (Å²) in [5.41, 5.74) is 5.26. The summed E-state index contributed by atoms with van der Waals surface area (Å²) in [5.74, 6) is 0. The van der Waals surface area contributed by atoms with E-state index in [0.717, 1.165) is 28.9 Å². The Balaban J connectivity index is 1.54. The molecule has 0 spiro atoms. The highest BCUT2D eigenvalue weighted by molar-refractivity contribution is 6.35. The van der Waals surface area contributed by atoms with Crippen LogP contribution >= 0.6 is 23.2 Å². The van der Waals surface area contributed by atoms with E-state index >= 15 is 0 Å². The smallest absolute Gasteiger partial charge is 0.0983 e. The Labute approximate surface area is 180 Å². The van der Waals surface area contributed by atoms with Crippen LogP contribution in [0.4, 0.5) is 0 Å². The molecule has 0 saturated carbocycles. The molecular formula is C23H20Cl2N4. The lowest BCUT2D eigenvalue weighted by Crippen LogP contribution is -2.13. The van der Waals surface area contributed by atoms with Gasteiger partial charge in [-0.25, -0.2) is 0 Å². The molecule has 4 nitrogen and oxygen atoms in total. The number of nitrogens with one attached hydrogen (secondary N) is 1. The number of pyridine rings is 1. The number of nitrogens with zero attached hydrogens (tertiary/aromatic N) is 3. The molecule has 1 N–H and O–H groups in total. The second kappa shape index (κ2) is 9.23. The lowest BCUT2D eigenvalue weighted by Gasteiger charge is -2.07. The van der Waals surface area contributed by atoms with Gasteiger partial charge in [0.05, 0.1) is 12.2 Å². The van der Waals surface area contributed by atoms with E-state index in [1.54, 1.807) is 12.3 Å². The first-order chi connectivity index (χ1) is 14.2. The molecule has 0 aliphatic heterocycles. The van der Waals surface area contributed by atoms with Crippen molar-refractivity contribution in [2.75, 3.05) is 0 Å². The van der Waals surface area contributed by atoms with Crippen molar-refractivity contribution in [3.63, 3.8) is 0 Å². The molecule has 0 unspecified atom stereocenters. The lowest BCUT2D eigenvalue weighted by molar-refractivity contribution is 0.677. The molecule has 0 bridgehead atoms. The normalized spacial score (nSPS) is 11.0. The van der Waals surface area contributed by atoms with Gasteiger partial charge in [-0.15, -0.1) is 0 Å². The van der Waals surface area contributed by atoms with Crippen LogP contribution in [0.2, 0.25) is 10.0 Å². The molecule has 2 aromatic carbocycles. The minimum atomic E-state index is 0.639. The Morgan fingerprint density at radius 1 is 0.897 bits per heavy atom. The average molecular weight is 423 g/mol. The average Bonchev–Trinajstić information content (AvgIpc) is 3.13. The van der Waals surface area contributed by atoms with E-state index in [1.165, 1.54) is 5.56 Å². The van der Waals surface area contributed by atoms with Gasteiger partial charge >= 0.3 is 0 Å². The molecule has 2 aromatic heterocycles. The molecule has 4 aromatic rings. The zero-order valence-corrected chi connectivity index (χ0v) is 17.2. The summed E-state index contributed by atoms with van der Waals surface area (Å²) in [4.78, 5) is 4.24. The van der Waals surface area contributed by atoms with Crippen molar-refractivity contribution in [3.8, 4) is 11.3 Å². The molecule has 6 heteroatoms. The van der Waals surface area contributed by atoms with Crippen LogP contribution in [0.25, 0.3) is 11.3 Å². The van der Waals surface area contributed by atoms with E-state index in [0.29, 0.717) is 23.1 Å². The molecular weight excluding hydrogens is 403 g/mol. The van der Waals surface area contributed by atoms with Crippen molar-refractivity contribution in [1.29, 1.82) is 0 Å². The van der Waals surface area contributed by atoms with E-state index < -0.39 is 0 Å². The Kier molecular flexibility index (Phi) is 6.25. The largest absolute Gasteiger partial charge is 0.308 e. The van der Waals surface area contributed by atoms with E-state index in [9.17, 15) is 0 Å². The van der Waals surface area contributed by atoms with Gasteiger partial charge in [0.25, 0.3) is 0 Å². The summed E-state index contributed by atoms with van der Waals surface area (Å²) in [6.45, 7) is 2.03. The highest BCUT2D eigenvalue weighted by atomic mass is 35.5. The van der Waals surface area contributed by atoms with Crippen molar-refractivity contribution in [1.82, 2.24) is 20.1 Å². The minimum Gasteiger partial charge on any atom is -0.308 e. The van der Waals surface area contributed by atoms with Crippen LogP contribution in [0.15, 0.2) is 79.3 Å². The van der Waals surface area contributed by atoms with E-state index in [4.69, 9.17) is 28.3 Å². The number of halogens is 2. The summed E-state index contributed by atoms with van der Waals surface area (Å²) in [5, 5.41) is 9.59. The van der Waals surface area contributed by atoms with Crippen molar-refractivity contribution in [2.24, 2.45) is 0 Å². The van der Waals surface area contributed by atoms with Gasteiger partial charge < -0.3 is 5.32 Å². The second-order valence-electron chi connectivity index (χ2n) is 6.77. The summed E-state index contributed by atoms with van der Waals surface area (Å²) in [6, 6.07) is 19.8. The van der Waals surface area contributed by atoms with Crippen LogP contribution in [0, 0.1) is 0 Å². The van der Waals surface area contributed by atoms with Crippen LogP contribution < -0.4 is 5.32 Å². The van der Waals surface area contributed by atoms with Gasteiger partial charge in [0.2, 0.25) is 0 Å². The highest BCUT2D eigenvalue weighted by Gasteiger charge is 2.12. The van der Waals surface area contributed by atoms with Crippen molar-refractivity contribution in [2.45, 2.75) is 19.6 Å². The molecule has 0 aliphatic rings. The Morgan fingerprint density at radius 3 is 2.48 bits per heavy atom. The van der Waals surface area contributed by atoms with Gasteiger partial charge in [-0.2, -0.15) is 5.10 Å². The maximum atomic E-state index is 6.28. The predicted molar refractivity (Wildman–Crippen MR) is 118 cm³/mol. The topological polar surface area (TPSA) is 42.7 Å². The van der Waals surface area contributed by atoms with Crippen molar-refractivity contribution >= 4 is 23.2 Å². The molecule has 0 saturated heterocycles. The van der Waals surface area contributed by atoms with Gasteiger partial charge in [0, 0.05) is 52.9 Å². The maximum absolute atomic E-state index is 6.28. The summed E-state index contributed by atoms with van der Waals surface area (Å²) in [7, 11) is 0. The zero-order chi connectivity index (χ0) is 20.1. The lowest BCUT2D eigenvalue weighted by atomic mass is 10.1. The summed E-state index contributed by atoms with van der Waals surface area (Å²) < 4.78 is 1.98. The molecule has 0 atom stereocenters. The van der Waals surface area contributed by atoms with E-state index in [1.807, 2.05) is 53.3 Å². The summed E-state index contributed by atoms with van der Waals surface area (Å²) >= 11 is 12.3. The number of hydrogen-bond acceptors (Lipinski definition) is 3. The summed E-state index contributed by atoms with van der Waals surface area (Å²) in [6.07, 6.45) is 5.70. The Morgan fingerprint density at radius 2 is 1.72 bits per heavy atom. The molecule has 0 radical (unpaired) electrons. The van der Waals surface area contributed by atoms with Gasteiger partial charge in [-0.3, -0.25) is 9.67 Å². The fourth-order valence-corrected chi connectivity index (χ4v) is 3.66. The highest BCUT2D eigenvalue weighted by Crippen LogP contribution is 2.23. The second-order valence-corrected chi connectivity index (χ2v) is 7.61. The van der Waals surface area contributed by atoms with Crippen molar-refractivity contribution in [3.05, 3.63) is 106 Å². The van der Waals surface area contributed by atoms with Crippen molar-refractivity contribution < 1.29 is 0 Å². The van der Waals surface area contributed by atoms with Gasteiger partial charge in [-0.1, -0.05) is 59.6 Å².